The van der Waals surface area contributed by atoms with Gasteiger partial charge in [0.15, 0.2) is 0 Å². The molecule has 0 spiro atoms. The average molecular weight is 291 g/mol. The molecule has 0 bridgehead atoms. The van der Waals surface area contributed by atoms with Crippen molar-refractivity contribution in [2.75, 3.05) is 6.54 Å². The normalized spacial score (nSPS) is 12.8. The molecule has 0 aliphatic heterocycles. The first-order valence-electron chi connectivity index (χ1n) is 7.54. The van der Waals surface area contributed by atoms with Crippen molar-refractivity contribution in [3.63, 3.8) is 0 Å². The zero-order chi connectivity index (χ0) is 14.5. The second kappa shape index (κ2) is 7.04. The molecule has 20 heavy (non-hydrogen) atoms. The Kier molecular flexibility index (Phi) is 5.38. The molecular weight excluding hydrogens is 266 g/mol. The van der Waals surface area contributed by atoms with Crippen LogP contribution >= 0.6 is 11.3 Å². The van der Waals surface area contributed by atoms with Crippen LogP contribution in [0.15, 0.2) is 17.5 Å². The molecule has 2 rings (SSSR count). The Balaban J connectivity index is 2.37. The Morgan fingerprint density at radius 3 is 2.65 bits per heavy atom. The molecule has 1 atom stereocenters. The highest BCUT2D eigenvalue weighted by Gasteiger charge is 2.19. The Hall–Kier alpha value is -1.13. The van der Waals surface area contributed by atoms with Crippen molar-refractivity contribution in [1.29, 1.82) is 0 Å². The van der Waals surface area contributed by atoms with Crippen LogP contribution in [-0.4, -0.2) is 16.3 Å². The first-order chi connectivity index (χ1) is 9.69. The third kappa shape index (κ3) is 3.30. The van der Waals surface area contributed by atoms with Crippen LogP contribution in [0.4, 0.5) is 0 Å². The zero-order valence-corrected chi connectivity index (χ0v) is 13.8. The number of nitrogens with zero attached hydrogens (tertiary/aromatic N) is 2. The first kappa shape index (κ1) is 15.3. The van der Waals surface area contributed by atoms with E-state index >= 15 is 0 Å². The fourth-order valence-electron chi connectivity index (χ4n) is 2.44. The highest BCUT2D eigenvalue weighted by atomic mass is 32.1. The van der Waals surface area contributed by atoms with E-state index < -0.39 is 0 Å². The molecule has 1 unspecified atom stereocenters. The maximum Gasteiger partial charge on any atom is 0.0756 e. The summed E-state index contributed by atoms with van der Waals surface area (Å²) in [7, 11) is 0. The van der Waals surface area contributed by atoms with Crippen LogP contribution in [-0.2, 0) is 13.0 Å². The lowest BCUT2D eigenvalue weighted by Crippen LogP contribution is -2.25. The van der Waals surface area contributed by atoms with Gasteiger partial charge in [-0.15, -0.1) is 11.3 Å². The van der Waals surface area contributed by atoms with Crippen molar-refractivity contribution in [2.24, 2.45) is 0 Å². The van der Waals surface area contributed by atoms with Crippen molar-refractivity contribution in [2.45, 2.75) is 53.1 Å². The fraction of sp³-hybridized carbons (Fsp3) is 0.562. The summed E-state index contributed by atoms with van der Waals surface area (Å²) >= 11 is 1.82. The van der Waals surface area contributed by atoms with E-state index in [0.717, 1.165) is 25.9 Å². The number of hydrogen-bond acceptors (Lipinski definition) is 3. The Labute approximate surface area is 126 Å². The van der Waals surface area contributed by atoms with E-state index in [4.69, 9.17) is 0 Å². The number of nitrogens with one attached hydrogen (secondary N) is 1. The lowest BCUT2D eigenvalue weighted by atomic mass is 10.1. The summed E-state index contributed by atoms with van der Waals surface area (Å²) in [5.41, 5.74) is 3.82. The van der Waals surface area contributed by atoms with Gasteiger partial charge < -0.3 is 5.32 Å². The minimum absolute atomic E-state index is 0.257. The van der Waals surface area contributed by atoms with Gasteiger partial charge in [0.1, 0.15) is 0 Å². The van der Waals surface area contributed by atoms with Gasteiger partial charge in [-0.1, -0.05) is 13.8 Å². The van der Waals surface area contributed by atoms with Crippen LogP contribution in [0, 0.1) is 6.92 Å². The number of thiophene rings is 1. The quantitative estimate of drug-likeness (QED) is 0.838. The van der Waals surface area contributed by atoms with E-state index in [1.807, 2.05) is 11.3 Å². The number of aromatic nitrogens is 2. The van der Waals surface area contributed by atoms with Crippen LogP contribution < -0.4 is 5.32 Å². The van der Waals surface area contributed by atoms with Crippen LogP contribution in [0.1, 0.15) is 55.1 Å². The lowest BCUT2D eigenvalue weighted by molar-refractivity contribution is 0.529. The topological polar surface area (TPSA) is 29.9 Å². The molecule has 0 saturated heterocycles. The van der Waals surface area contributed by atoms with Gasteiger partial charge in [-0.3, -0.25) is 4.68 Å². The molecule has 0 radical (unpaired) electrons. The smallest absolute Gasteiger partial charge is 0.0756 e. The van der Waals surface area contributed by atoms with Crippen molar-refractivity contribution in [1.82, 2.24) is 15.1 Å². The molecule has 2 aromatic heterocycles. The van der Waals surface area contributed by atoms with E-state index in [1.165, 1.54) is 21.8 Å². The van der Waals surface area contributed by atoms with Crippen LogP contribution in [0.5, 0.6) is 0 Å². The van der Waals surface area contributed by atoms with Gasteiger partial charge in [-0.05, 0) is 56.3 Å². The maximum absolute atomic E-state index is 4.69. The van der Waals surface area contributed by atoms with E-state index in [9.17, 15) is 0 Å². The largest absolute Gasteiger partial charge is 0.305 e. The summed E-state index contributed by atoms with van der Waals surface area (Å²) in [4.78, 5) is 1.36. The van der Waals surface area contributed by atoms with E-state index in [2.05, 4.69) is 60.3 Å². The second-order valence-corrected chi connectivity index (χ2v) is 6.22. The van der Waals surface area contributed by atoms with Gasteiger partial charge in [0, 0.05) is 11.4 Å². The standard InChI is InChI=1S/C16H25N3S/c1-5-8-17-16(13-9-12(4)20-11-13)15-10-14(6-2)18-19(15)7-3/h9-11,16-17H,5-8H2,1-4H3. The second-order valence-electron chi connectivity index (χ2n) is 5.11. The third-order valence-corrected chi connectivity index (χ3v) is 4.38. The highest BCUT2D eigenvalue weighted by molar-refractivity contribution is 7.10. The summed E-state index contributed by atoms with van der Waals surface area (Å²) in [6.45, 7) is 10.6. The van der Waals surface area contributed by atoms with Gasteiger partial charge in [-0.2, -0.15) is 5.10 Å². The van der Waals surface area contributed by atoms with E-state index in [1.54, 1.807) is 0 Å². The molecule has 0 aliphatic rings. The summed E-state index contributed by atoms with van der Waals surface area (Å²) in [5, 5.41) is 10.6. The molecule has 1 N–H and O–H groups in total. The minimum atomic E-state index is 0.257. The van der Waals surface area contributed by atoms with E-state index in [0.29, 0.717) is 0 Å². The van der Waals surface area contributed by atoms with Crippen LogP contribution in [0.25, 0.3) is 0 Å². The van der Waals surface area contributed by atoms with Gasteiger partial charge >= 0.3 is 0 Å². The van der Waals surface area contributed by atoms with Gasteiger partial charge in [-0.25, -0.2) is 0 Å². The lowest BCUT2D eigenvalue weighted by Gasteiger charge is -2.18. The third-order valence-electron chi connectivity index (χ3n) is 3.50. The van der Waals surface area contributed by atoms with Gasteiger partial charge in [0.05, 0.1) is 17.4 Å². The Bertz CT molecular complexity index is 542. The molecule has 2 heterocycles. The summed E-state index contributed by atoms with van der Waals surface area (Å²) in [6, 6.07) is 4.80. The average Bonchev–Trinajstić information content (AvgIpc) is 3.06. The zero-order valence-electron chi connectivity index (χ0n) is 12.9. The fourth-order valence-corrected chi connectivity index (χ4v) is 3.17. The SMILES string of the molecule is CCCNC(c1csc(C)c1)c1cc(CC)nn1CC. The van der Waals surface area contributed by atoms with Gasteiger partial charge in [0.2, 0.25) is 0 Å². The maximum atomic E-state index is 4.69. The van der Waals surface area contributed by atoms with E-state index in [-0.39, 0.29) is 6.04 Å². The molecule has 0 fully saturated rings. The number of aryl methyl sites for hydroxylation is 3. The molecule has 2 aromatic rings. The Morgan fingerprint density at radius 2 is 2.10 bits per heavy atom. The first-order valence-corrected chi connectivity index (χ1v) is 8.42. The molecule has 0 aliphatic carbocycles. The molecule has 4 heteroatoms. The molecule has 3 nitrogen and oxygen atoms in total. The van der Waals surface area contributed by atoms with Crippen LogP contribution in [0.2, 0.25) is 0 Å². The monoisotopic (exact) mass is 291 g/mol. The summed E-state index contributed by atoms with van der Waals surface area (Å²) in [5.74, 6) is 0. The Morgan fingerprint density at radius 1 is 1.30 bits per heavy atom. The number of hydrogen-bond donors (Lipinski definition) is 1. The van der Waals surface area contributed by atoms with Crippen molar-refractivity contribution in [3.05, 3.63) is 39.3 Å². The number of rotatable bonds is 7. The predicted octanol–water partition coefficient (Wildman–Crippen LogP) is 3.92. The minimum Gasteiger partial charge on any atom is -0.305 e. The highest BCUT2D eigenvalue weighted by Crippen LogP contribution is 2.27. The molecule has 0 saturated carbocycles. The molecule has 0 aromatic carbocycles. The predicted molar refractivity (Wildman–Crippen MR) is 86.5 cm³/mol. The van der Waals surface area contributed by atoms with Crippen molar-refractivity contribution in [3.8, 4) is 0 Å². The van der Waals surface area contributed by atoms with Gasteiger partial charge in [0.25, 0.3) is 0 Å². The summed E-state index contributed by atoms with van der Waals surface area (Å²) < 4.78 is 2.14. The summed E-state index contributed by atoms with van der Waals surface area (Å²) in [6.07, 6.45) is 2.13. The van der Waals surface area contributed by atoms with Crippen molar-refractivity contribution >= 4 is 11.3 Å². The molecule has 0 amide bonds. The molecular formula is C16H25N3S. The molecule has 110 valence electrons. The van der Waals surface area contributed by atoms with Crippen molar-refractivity contribution < 1.29 is 0 Å². The van der Waals surface area contributed by atoms with Crippen LogP contribution in [0.3, 0.4) is 0 Å².